The van der Waals surface area contributed by atoms with Gasteiger partial charge in [0.15, 0.2) is 0 Å². The molecule has 1 aromatic carbocycles. The molecule has 5 heteroatoms. The molecule has 2 rings (SSSR count). The molecule has 0 radical (unpaired) electrons. The summed E-state index contributed by atoms with van der Waals surface area (Å²) in [5, 5.41) is 6.22. The van der Waals surface area contributed by atoms with E-state index >= 15 is 0 Å². The lowest BCUT2D eigenvalue weighted by molar-refractivity contribution is -0.117. The van der Waals surface area contributed by atoms with E-state index in [1.54, 1.807) is 0 Å². The highest BCUT2D eigenvalue weighted by Crippen LogP contribution is 2.39. The average molecular weight is 354 g/mol. The second-order valence-corrected chi connectivity index (χ2v) is 6.21. The lowest BCUT2D eigenvalue weighted by Gasteiger charge is -2.26. The molecular formula is C16H24BrN3O. The van der Waals surface area contributed by atoms with Crippen LogP contribution in [0.5, 0.6) is 0 Å². The van der Waals surface area contributed by atoms with Crippen LogP contribution in [0.25, 0.3) is 0 Å². The molecule has 0 spiro atoms. The first kappa shape index (κ1) is 16.3. The van der Waals surface area contributed by atoms with Gasteiger partial charge in [-0.25, -0.2) is 0 Å². The van der Waals surface area contributed by atoms with E-state index in [1.807, 2.05) is 6.92 Å². The predicted octanol–water partition coefficient (Wildman–Crippen LogP) is 3.68. The number of carbonyl (C=O) groups is 1. The number of hydrogen-bond donors (Lipinski definition) is 2. The van der Waals surface area contributed by atoms with Crippen LogP contribution in [-0.4, -0.2) is 25.5 Å². The molecule has 0 fully saturated rings. The van der Waals surface area contributed by atoms with Crippen molar-refractivity contribution in [3.8, 4) is 0 Å². The van der Waals surface area contributed by atoms with Crippen LogP contribution in [0.1, 0.15) is 45.2 Å². The van der Waals surface area contributed by atoms with Gasteiger partial charge in [0.05, 0.1) is 5.69 Å². The number of nitrogens with zero attached hydrogens (tertiary/aromatic N) is 1. The van der Waals surface area contributed by atoms with Crippen LogP contribution in [0.15, 0.2) is 16.6 Å². The van der Waals surface area contributed by atoms with Crippen molar-refractivity contribution < 1.29 is 4.79 Å². The van der Waals surface area contributed by atoms with E-state index < -0.39 is 0 Å². The highest BCUT2D eigenvalue weighted by atomic mass is 79.9. The first-order valence-corrected chi connectivity index (χ1v) is 8.54. The van der Waals surface area contributed by atoms with Crippen LogP contribution in [-0.2, 0) is 4.79 Å². The fourth-order valence-electron chi connectivity index (χ4n) is 2.81. The molecule has 1 aliphatic heterocycles. The zero-order valence-electron chi connectivity index (χ0n) is 13.0. The van der Waals surface area contributed by atoms with Crippen molar-refractivity contribution in [2.45, 2.75) is 39.7 Å². The summed E-state index contributed by atoms with van der Waals surface area (Å²) in [5.74, 6) is 0.0356. The Morgan fingerprint density at radius 3 is 2.48 bits per heavy atom. The lowest BCUT2D eigenvalue weighted by atomic mass is 10.1. The molecule has 2 N–H and O–H groups in total. The molecule has 1 amide bonds. The number of rotatable bonds is 7. The molecule has 0 aliphatic carbocycles. The summed E-state index contributed by atoms with van der Waals surface area (Å²) < 4.78 is 1.06. The topological polar surface area (TPSA) is 44.4 Å². The lowest BCUT2D eigenvalue weighted by Crippen LogP contribution is -2.27. The van der Waals surface area contributed by atoms with Gasteiger partial charge in [0.2, 0.25) is 5.91 Å². The molecule has 1 atom stereocenters. The van der Waals surface area contributed by atoms with Crippen LogP contribution >= 0.6 is 15.9 Å². The Kier molecular flexibility index (Phi) is 5.65. The first-order chi connectivity index (χ1) is 10.1. The minimum Gasteiger partial charge on any atom is -0.371 e. The van der Waals surface area contributed by atoms with E-state index in [4.69, 9.17) is 0 Å². The fourth-order valence-corrected chi connectivity index (χ4v) is 3.42. The molecule has 1 aliphatic rings. The van der Waals surface area contributed by atoms with Gasteiger partial charge < -0.3 is 15.5 Å². The maximum absolute atomic E-state index is 12.1. The monoisotopic (exact) mass is 353 g/mol. The Morgan fingerprint density at radius 2 is 1.90 bits per heavy atom. The highest BCUT2D eigenvalue weighted by Gasteiger charge is 2.31. The van der Waals surface area contributed by atoms with E-state index in [1.165, 1.54) is 0 Å². The summed E-state index contributed by atoms with van der Waals surface area (Å²) in [6.45, 7) is 9.21. The molecule has 1 aromatic rings. The SMILES string of the molecule is CCCN(CCC)c1cc2c(cc1Br)C(NCC)C(=O)N2. The molecule has 1 heterocycles. The van der Waals surface area contributed by atoms with Crippen molar-refractivity contribution in [3.05, 3.63) is 22.2 Å². The zero-order valence-corrected chi connectivity index (χ0v) is 14.6. The van der Waals surface area contributed by atoms with Crippen molar-refractivity contribution in [1.82, 2.24) is 5.32 Å². The van der Waals surface area contributed by atoms with Crippen LogP contribution in [0, 0.1) is 0 Å². The Hall–Kier alpha value is -1.07. The van der Waals surface area contributed by atoms with Crippen molar-refractivity contribution >= 4 is 33.2 Å². The van der Waals surface area contributed by atoms with Crippen molar-refractivity contribution in [2.24, 2.45) is 0 Å². The summed E-state index contributed by atoms with van der Waals surface area (Å²) in [6.07, 6.45) is 2.21. The largest absolute Gasteiger partial charge is 0.371 e. The van der Waals surface area contributed by atoms with Gasteiger partial charge in [0.1, 0.15) is 6.04 Å². The summed E-state index contributed by atoms with van der Waals surface area (Å²) in [4.78, 5) is 14.4. The maximum atomic E-state index is 12.1. The molecule has 0 saturated heterocycles. The Labute approximate surface area is 135 Å². The number of halogens is 1. The van der Waals surface area contributed by atoms with Crippen LogP contribution in [0.4, 0.5) is 11.4 Å². The Balaban J connectivity index is 2.35. The van der Waals surface area contributed by atoms with Gasteiger partial charge in [-0.2, -0.15) is 0 Å². The average Bonchev–Trinajstić information content (AvgIpc) is 2.74. The van der Waals surface area contributed by atoms with E-state index in [2.05, 4.69) is 57.4 Å². The maximum Gasteiger partial charge on any atom is 0.246 e. The molecule has 0 saturated carbocycles. The quantitative estimate of drug-likeness (QED) is 0.785. The van der Waals surface area contributed by atoms with Gasteiger partial charge >= 0.3 is 0 Å². The highest BCUT2D eigenvalue weighted by molar-refractivity contribution is 9.10. The van der Waals surface area contributed by atoms with Crippen LogP contribution < -0.4 is 15.5 Å². The third kappa shape index (κ3) is 3.40. The van der Waals surface area contributed by atoms with Crippen LogP contribution in [0.3, 0.4) is 0 Å². The molecule has 0 bridgehead atoms. The minimum atomic E-state index is -0.235. The van der Waals surface area contributed by atoms with E-state index in [0.29, 0.717) is 0 Å². The number of amides is 1. The summed E-state index contributed by atoms with van der Waals surface area (Å²) >= 11 is 3.68. The third-order valence-electron chi connectivity index (χ3n) is 3.69. The fraction of sp³-hybridized carbons (Fsp3) is 0.562. The Morgan fingerprint density at radius 1 is 1.24 bits per heavy atom. The van der Waals surface area contributed by atoms with Gasteiger partial charge in [-0.05, 0) is 47.4 Å². The number of anilines is 2. The molecule has 4 nitrogen and oxygen atoms in total. The van der Waals surface area contributed by atoms with E-state index in [-0.39, 0.29) is 11.9 Å². The van der Waals surface area contributed by atoms with Gasteiger partial charge in [0.25, 0.3) is 0 Å². The second kappa shape index (κ2) is 7.27. The summed E-state index contributed by atoms with van der Waals surface area (Å²) in [6, 6.07) is 3.94. The summed E-state index contributed by atoms with van der Waals surface area (Å²) in [7, 11) is 0. The van der Waals surface area contributed by atoms with Gasteiger partial charge in [-0.3, -0.25) is 4.79 Å². The number of nitrogens with one attached hydrogen (secondary N) is 2. The first-order valence-electron chi connectivity index (χ1n) is 7.74. The number of carbonyl (C=O) groups excluding carboxylic acids is 1. The Bertz CT molecular complexity index is 512. The van der Waals surface area contributed by atoms with Crippen molar-refractivity contribution in [3.63, 3.8) is 0 Å². The zero-order chi connectivity index (χ0) is 15.4. The number of benzene rings is 1. The minimum absolute atomic E-state index is 0.0356. The number of fused-ring (bicyclic) bond motifs is 1. The molecule has 21 heavy (non-hydrogen) atoms. The third-order valence-corrected chi connectivity index (χ3v) is 4.32. The molecule has 116 valence electrons. The van der Waals surface area contributed by atoms with Gasteiger partial charge in [-0.1, -0.05) is 20.8 Å². The normalized spacial score (nSPS) is 16.8. The summed E-state index contributed by atoms with van der Waals surface area (Å²) in [5.41, 5.74) is 3.13. The van der Waals surface area contributed by atoms with Crippen molar-refractivity contribution in [1.29, 1.82) is 0 Å². The predicted molar refractivity (Wildman–Crippen MR) is 92.0 cm³/mol. The second-order valence-electron chi connectivity index (χ2n) is 5.36. The number of likely N-dealkylation sites (N-methyl/N-ethyl adjacent to an activating group) is 1. The van der Waals surface area contributed by atoms with Gasteiger partial charge in [-0.15, -0.1) is 0 Å². The molecular weight excluding hydrogens is 330 g/mol. The van der Waals surface area contributed by atoms with Crippen molar-refractivity contribution in [2.75, 3.05) is 29.9 Å². The van der Waals surface area contributed by atoms with Crippen LogP contribution in [0.2, 0.25) is 0 Å². The molecule has 1 unspecified atom stereocenters. The number of hydrogen-bond acceptors (Lipinski definition) is 3. The van der Waals surface area contributed by atoms with Gasteiger partial charge in [0, 0.05) is 28.8 Å². The molecule has 0 aromatic heterocycles. The van der Waals surface area contributed by atoms with E-state index in [9.17, 15) is 4.79 Å². The van der Waals surface area contributed by atoms with E-state index in [0.717, 1.165) is 53.9 Å². The smallest absolute Gasteiger partial charge is 0.246 e. The standard InChI is InChI=1S/C16H24BrN3O/c1-4-7-20(8-5-2)14-10-13-11(9-12(14)17)15(18-6-3)16(21)19-13/h9-10,15,18H,4-8H2,1-3H3,(H,19,21).